The van der Waals surface area contributed by atoms with Crippen LogP contribution in [0.5, 0.6) is 0 Å². The summed E-state index contributed by atoms with van der Waals surface area (Å²) in [6, 6.07) is 63.2. The molecule has 2 aliphatic rings. The van der Waals surface area contributed by atoms with Crippen molar-refractivity contribution < 1.29 is 0 Å². The molecule has 1 aromatic heterocycles. The van der Waals surface area contributed by atoms with E-state index in [1.54, 1.807) is 0 Å². The van der Waals surface area contributed by atoms with E-state index in [1.807, 2.05) is 13.8 Å². The fourth-order valence-corrected chi connectivity index (χ4v) is 8.82. The number of dihydropyridines is 1. The normalized spacial score (nSPS) is 13.4. The Hall–Kier alpha value is -7.36. The average molecular weight is 772 g/mol. The molecule has 3 heteroatoms. The molecule has 0 spiro atoms. The lowest BCUT2D eigenvalue weighted by Gasteiger charge is -2.24. The van der Waals surface area contributed by atoms with Crippen LogP contribution < -0.4 is 5.32 Å². The Kier molecular flexibility index (Phi) is 9.93. The number of hydrogen-bond acceptors (Lipinski definition) is 3. The fourth-order valence-electron chi connectivity index (χ4n) is 8.82. The average Bonchev–Trinajstić information content (AvgIpc) is 3.34. The lowest BCUT2D eigenvalue weighted by atomic mass is 9.87. The predicted molar refractivity (Wildman–Crippen MR) is 254 cm³/mol. The van der Waals surface area contributed by atoms with E-state index in [9.17, 15) is 0 Å². The highest BCUT2D eigenvalue weighted by Gasteiger charge is 2.18. The Bertz CT molecular complexity index is 3080. The van der Waals surface area contributed by atoms with Gasteiger partial charge < -0.3 is 5.32 Å². The predicted octanol–water partition coefficient (Wildman–Crippen LogP) is 14.9. The fraction of sp³-hybridized carbons (Fsp3) is 0.0877. The first-order valence-electron chi connectivity index (χ1n) is 21.2. The van der Waals surface area contributed by atoms with Gasteiger partial charge in [0.25, 0.3) is 0 Å². The lowest BCUT2D eigenvalue weighted by Crippen LogP contribution is -2.18. The molecule has 0 amide bonds. The van der Waals surface area contributed by atoms with Gasteiger partial charge in [-0.05, 0) is 96.3 Å². The first kappa shape index (κ1) is 36.9. The Morgan fingerprint density at radius 3 is 1.50 bits per heavy atom. The van der Waals surface area contributed by atoms with Crippen LogP contribution >= 0.6 is 0 Å². The SMILES string of the molecule is C1=CC2=C(CC1)CNC=C2c1ccc(-c2cc(-c3ccc(-c4ccccc4)cc3)nc(-c3ccc(-c4ccc5c6ccccc6c6ccccc6c5c4)cc3)n2)cc1.CC. The summed E-state index contributed by atoms with van der Waals surface area (Å²) in [5, 5.41) is 11.2. The molecule has 11 rings (SSSR count). The molecule has 0 saturated carbocycles. The summed E-state index contributed by atoms with van der Waals surface area (Å²) < 4.78 is 0. The topological polar surface area (TPSA) is 37.8 Å². The lowest BCUT2D eigenvalue weighted by molar-refractivity contribution is 0.825. The van der Waals surface area contributed by atoms with Crippen LogP contribution in [0.4, 0.5) is 0 Å². The van der Waals surface area contributed by atoms with Gasteiger partial charge in [-0.1, -0.05) is 190 Å². The van der Waals surface area contributed by atoms with Crippen molar-refractivity contribution in [3.05, 3.63) is 211 Å². The van der Waals surface area contributed by atoms with Gasteiger partial charge in [-0.25, -0.2) is 9.97 Å². The summed E-state index contributed by atoms with van der Waals surface area (Å²) in [6.07, 6.45) is 8.97. The van der Waals surface area contributed by atoms with Gasteiger partial charge in [0.1, 0.15) is 0 Å². The Morgan fingerprint density at radius 1 is 0.417 bits per heavy atom. The maximum absolute atomic E-state index is 5.22. The van der Waals surface area contributed by atoms with Gasteiger partial charge in [0, 0.05) is 35.0 Å². The smallest absolute Gasteiger partial charge is 0.160 e. The third kappa shape index (κ3) is 6.88. The van der Waals surface area contributed by atoms with E-state index in [-0.39, 0.29) is 0 Å². The summed E-state index contributed by atoms with van der Waals surface area (Å²) in [4.78, 5) is 10.4. The van der Waals surface area contributed by atoms with Crippen LogP contribution in [0.15, 0.2) is 205 Å². The molecule has 0 fully saturated rings. The van der Waals surface area contributed by atoms with Crippen LogP contribution in [-0.2, 0) is 0 Å². The van der Waals surface area contributed by atoms with Crippen molar-refractivity contribution in [2.75, 3.05) is 6.54 Å². The molecule has 0 saturated heterocycles. The van der Waals surface area contributed by atoms with Crippen molar-refractivity contribution in [3.63, 3.8) is 0 Å². The standard InChI is InChI=1S/C55H39N3.C2H6/c1-2-10-36(11-3-1)37-18-24-40(25-19-37)53-33-54(41-26-22-39(23-27-41)52-35-56-34-44-12-4-5-13-45(44)52)58-55(57-53)42-28-20-38(21-29-42)43-30-31-50-48-16-7-6-14-46(48)47-15-8-9-17-49(47)51(50)32-43;1-2/h1-3,5-11,13-33,35,56H,4,12,34H2;1-2H3. The monoisotopic (exact) mass is 771 g/mol. The van der Waals surface area contributed by atoms with Gasteiger partial charge in [-0.3, -0.25) is 0 Å². The number of allylic oxidation sites excluding steroid dienone is 4. The van der Waals surface area contributed by atoms with Crippen LogP contribution in [0, 0.1) is 0 Å². The highest BCUT2D eigenvalue weighted by Crippen LogP contribution is 2.38. The zero-order chi connectivity index (χ0) is 40.4. The Labute approximate surface area is 352 Å². The van der Waals surface area contributed by atoms with Gasteiger partial charge in [0.2, 0.25) is 0 Å². The van der Waals surface area contributed by atoms with Gasteiger partial charge in [0.15, 0.2) is 5.82 Å². The Morgan fingerprint density at radius 2 is 0.883 bits per heavy atom. The third-order valence-electron chi connectivity index (χ3n) is 11.9. The minimum absolute atomic E-state index is 0.701. The van der Waals surface area contributed by atoms with E-state index in [4.69, 9.17) is 9.97 Å². The molecular weight excluding hydrogens is 727 g/mol. The van der Waals surface area contributed by atoms with Gasteiger partial charge in [-0.2, -0.15) is 0 Å². The molecule has 288 valence electrons. The molecule has 2 heterocycles. The van der Waals surface area contributed by atoms with Crippen LogP contribution in [0.2, 0.25) is 0 Å². The van der Waals surface area contributed by atoms with E-state index in [0.717, 1.165) is 53.0 Å². The number of aromatic nitrogens is 2. The summed E-state index contributed by atoms with van der Waals surface area (Å²) in [5.41, 5.74) is 14.9. The molecule has 1 aliphatic carbocycles. The molecule has 9 aromatic rings. The number of benzene rings is 8. The van der Waals surface area contributed by atoms with E-state index < -0.39 is 0 Å². The molecule has 1 aliphatic heterocycles. The summed E-state index contributed by atoms with van der Waals surface area (Å²) in [6.45, 7) is 4.93. The second kappa shape index (κ2) is 16.1. The first-order valence-corrected chi connectivity index (χ1v) is 21.2. The van der Waals surface area contributed by atoms with Crippen molar-refractivity contribution in [1.29, 1.82) is 0 Å². The zero-order valence-electron chi connectivity index (χ0n) is 34.0. The molecule has 0 bridgehead atoms. The molecule has 1 N–H and O–H groups in total. The highest BCUT2D eigenvalue weighted by atomic mass is 14.9. The second-order valence-electron chi connectivity index (χ2n) is 15.3. The van der Waals surface area contributed by atoms with Crippen LogP contribution in [-0.4, -0.2) is 16.5 Å². The number of hydrogen-bond donors (Lipinski definition) is 1. The maximum Gasteiger partial charge on any atom is 0.160 e. The molecule has 8 aromatic carbocycles. The molecule has 0 atom stereocenters. The highest BCUT2D eigenvalue weighted by molar-refractivity contribution is 6.25. The number of fused-ring (bicyclic) bond motifs is 6. The van der Waals surface area contributed by atoms with Crippen molar-refractivity contribution in [2.24, 2.45) is 0 Å². The summed E-state index contributed by atoms with van der Waals surface area (Å²) in [7, 11) is 0. The third-order valence-corrected chi connectivity index (χ3v) is 11.9. The zero-order valence-corrected chi connectivity index (χ0v) is 34.0. The largest absolute Gasteiger partial charge is 0.387 e. The Balaban J connectivity index is 0.00000213. The van der Waals surface area contributed by atoms with Crippen molar-refractivity contribution >= 4 is 37.9 Å². The van der Waals surface area contributed by atoms with E-state index >= 15 is 0 Å². The minimum atomic E-state index is 0.701. The van der Waals surface area contributed by atoms with Crippen LogP contribution in [0.3, 0.4) is 0 Å². The second-order valence-corrected chi connectivity index (χ2v) is 15.3. The number of nitrogens with one attached hydrogen (secondary N) is 1. The van der Waals surface area contributed by atoms with Crippen LogP contribution in [0.25, 0.3) is 94.0 Å². The van der Waals surface area contributed by atoms with Crippen molar-refractivity contribution in [1.82, 2.24) is 15.3 Å². The van der Waals surface area contributed by atoms with E-state index in [1.165, 1.54) is 71.3 Å². The molecule has 0 unspecified atom stereocenters. The van der Waals surface area contributed by atoms with Gasteiger partial charge in [-0.15, -0.1) is 0 Å². The van der Waals surface area contributed by atoms with Gasteiger partial charge >= 0.3 is 0 Å². The summed E-state index contributed by atoms with van der Waals surface area (Å²) in [5.74, 6) is 0.701. The number of nitrogens with zero attached hydrogens (tertiary/aromatic N) is 2. The van der Waals surface area contributed by atoms with Crippen LogP contribution in [0.1, 0.15) is 32.3 Å². The van der Waals surface area contributed by atoms with E-state index in [2.05, 4.69) is 200 Å². The van der Waals surface area contributed by atoms with Crippen molar-refractivity contribution in [2.45, 2.75) is 26.7 Å². The van der Waals surface area contributed by atoms with Crippen molar-refractivity contribution in [3.8, 4) is 56.2 Å². The molecule has 3 nitrogen and oxygen atoms in total. The summed E-state index contributed by atoms with van der Waals surface area (Å²) >= 11 is 0. The first-order chi connectivity index (χ1) is 29.7. The molecular formula is C57H45N3. The van der Waals surface area contributed by atoms with E-state index in [0.29, 0.717) is 5.82 Å². The number of rotatable bonds is 6. The molecule has 0 radical (unpaired) electrons. The maximum atomic E-state index is 5.22. The minimum Gasteiger partial charge on any atom is -0.387 e. The van der Waals surface area contributed by atoms with Gasteiger partial charge in [0.05, 0.1) is 11.4 Å². The quantitative estimate of drug-likeness (QED) is 0.171. The molecule has 60 heavy (non-hydrogen) atoms.